The number of likely N-dealkylation sites (N-methyl/N-ethyl adjacent to an activating group) is 1. The van der Waals surface area contributed by atoms with Gasteiger partial charge in [-0.15, -0.1) is 0 Å². The fraction of sp³-hybridized carbons (Fsp3) is 0.333. The minimum atomic E-state index is -3.76. The first-order valence-corrected chi connectivity index (χ1v) is 12.2. The van der Waals surface area contributed by atoms with E-state index in [9.17, 15) is 18.0 Å². The van der Waals surface area contributed by atoms with Crippen molar-refractivity contribution in [1.82, 2.24) is 10.2 Å². The number of carbonyl (C=O) groups excluding carboxylic acids is 2. The zero-order valence-electron chi connectivity index (χ0n) is 17.5. The number of benzene rings is 2. The molecule has 0 aliphatic heterocycles. The molecule has 0 fully saturated rings. The second-order valence-electron chi connectivity index (χ2n) is 6.87. The number of hydrogen-bond acceptors (Lipinski definition) is 4. The quantitative estimate of drug-likeness (QED) is 0.589. The summed E-state index contributed by atoms with van der Waals surface area (Å²) >= 11 is 12.6. The summed E-state index contributed by atoms with van der Waals surface area (Å²) in [6.07, 6.45) is 1.34. The van der Waals surface area contributed by atoms with Gasteiger partial charge in [-0.2, -0.15) is 0 Å². The molecule has 0 saturated heterocycles. The van der Waals surface area contributed by atoms with Crippen molar-refractivity contribution < 1.29 is 18.0 Å². The summed E-state index contributed by atoms with van der Waals surface area (Å²) in [5.41, 5.74) is 0.828. The number of nitrogens with one attached hydrogen (secondary N) is 1. The van der Waals surface area contributed by atoms with Crippen LogP contribution in [0, 0.1) is 0 Å². The van der Waals surface area contributed by atoms with Crippen molar-refractivity contribution in [2.45, 2.75) is 25.9 Å². The maximum absolute atomic E-state index is 13.4. The first-order chi connectivity index (χ1) is 14.6. The average Bonchev–Trinajstić information content (AvgIpc) is 2.73. The van der Waals surface area contributed by atoms with E-state index in [-0.39, 0.29) is 12.5 Å². The molecule has 0 spiro atoms. The highest BCUT2D eigenvalue weighted by Gasteiger charge is 2.32. The Balaban J connectivity index is 2.46. The Kier molecular flexibility index (Phi) is 8.73. The number of carbonyl (C=O) groups is 2. The van der Waals surface area contributed by atoms with Gasteiger partial charge in [0.1, 0.15) is 12.6 Å². The van der Waals surface area contributed by atoms with E-state index in [1.54, 1.807) is 55.5 Å². The van der Waals surface area contributed by atoms with Crippen molar-refractivity contribution in [1.29, 1.82) is 0 Å². The predicted octanol–water partition coefficient (Wildman–Crippen LogP) is 3.31. The van der Waals surface area contributed by atoms with Gasteiger partial charge in [0.2, 0.25) is 21.8 Å². The molecule has 7 nitrogen and oxygen atoms in total. The molecule has 0 heterocycles. The van der Waals surface area contributed by atoms with Crippen molar-refractivity contribution in [3.8, 4) is 0 Å². The average molecular weight is 486 g/mol. The molecule has 31 heavy (non-hydrogen) atoms. The predicted molar refractivity (Wildman–Crippen MR) is 124 cm³/mol. The van der Waals surface area contributed by atoms with Crippen molar-refractivity contribution in [2.75, 3.05) is 24.2 Å². The number of nitrogens with zero attached hydrogens (tertiary/aromatic N) is 2. The van der Waals surface area contributed by atoms with Crippen LogP contribution < -0.4 is 9.62 Å². The van der Waals surface area contributed by atoms with Crippen molar-refractivity contribution in [3.05, 3.63) is 64.1 Å². The molecule has 0 radical (unpaired) electrons. The molecular weight excluding hydrogens is 461 g/mol. The second kappa shape index (κ2) is 10.8. The van der Waals surface area contributed by atoms with Crippen molar-refractivity contribution >= 4 is 50.7 Å². The van der Waals surface area contributed by atoms with E-state index in [4.69, 9.17) is 23.2 Å². The van der Waals surface area contributed by atoms with E-state index >= 15 is 0 Å². The lowest BCUT2D eigenvalue weighted by atomic mass is 10.1. The van der Waals surface area contributed by atoms with Crippen LogP contribution in [0.2, 0.25) is 10.0 Å². The van der Waals surface area contributed by atoms with Gasteiger partial charge in [0.05, 0.1) is 11.9 Å². The molecule has 0 aliphatic rings. The Morgan fingerprint density at radius 3 is 2.10 bits per heavy atom. The standard InChI is InChI=1S/C21H25Cl2N3O4S/c1-4-19(21(28)24-2)25(13-16-17(22)11-8-12-18(16)23)20(27)14-26(31(3,29)30)15-9-6-5-7-10-15/h5-12,19H,4,13-14H2,1-3H3,(H,24,28). The summed E-state index contributed by atoms with van der Waals surface area (Å²) < 4.78 is 25.8. The SMILES string of the molecule is CCC(C(=O)NC)N(Cc1c(Cl)cccc1Cl)C(=O)CN(c1ccccc1)S(C)(=O)=O. The third-order valence-electron chi connectivity index (χ3n) is 4.75. The summed E-state index contributed by atoms with van der Waals surface area (Å²) in [6, 6.07) is 12.4. The molecule has 0 aliphatic carbocycles. The van der Waals surface area contributed by atoms with E-state index in [1.807, 2.05) is 0 Å². The number of anilines is 1. The molecule has 168 valence electrons. The summed E-state index contributed by atoms with van der Waals surface area (Å²) in [5, 5.41) is 3.25. The van der Waals surface area contributed by atoms with E-state index in [0.29, 0.717) is 27.7 Å². The Morgan fingerprint density at radius 2 is 1.61 bits per heavy atom. The molecule has 1 unspecified atom stereocenters. The summed E-state index contributed by atoms with van der Waals surface area (Å²) in [5.74, 6) is -0.926. The highest BCUT2D eigenvalue weighted by atomic mass is 35.5. The van der Waals surface area contributed by atoms with Crippen LogP contribution >= 0.6 is 23.2 Å². The first-order valence-electron chi connectivity index (χ1n) is 9.56. The Morgan fingerprint density at radius 1 is 1.03 bits per heavy atom. The number of para-hydroxylation sites is 1. The van der Waals surface area contributed by atoms with Crippen LogP contribution in [0.1, 0.15) is 18.9 Å². The van der Waals surface area contributed by atoms with Gasteiger partial charge in [-0.1, -0.05) is 54.4 Å². The summed E-state index contributed by atoms with van der Waals surface area (Å²) in [6.45, 7) is 1.24. The highest BCUT2D eigenvalue weighted by molar-refractivity contribution is 7.92. The molecule has 2 aromatic carbocycles. The lowest BCUT2D eigenvalue weighted by molar-refractivity contribution is -0.140. The minimum absolute atomic E-state index is 0.0460. The van der Waals surface area contributed by atoms with Crippen LogP contribution in [0.25, 0.3) is 0 Å². The van der Waals surface area contributed by atoms with Crippen LogP contribution in [0.15, 0.2) is 48.5 Å². The molecule has 1 atom stereocenters. The fourth-order valence-electron chi connectivity index (χ4n) is 3.15. The van der Waals surface area contributed by atoms with Gasteiger partial charge >= 0.3 is 0 Å². The zero-order chi connectivity index (χ0) is 23.2. The largest absolute Gasteiger partial charge is 0.357 e. The smallest absolute Gasteiger partial charge is 0.244 e. The zero-order valence-corrected chi connectivity index (χ0v) is 19.8. The maximum atomic E-state index is 13.4. The topological polar surface area (TPSA) is 86.8 Å². The van der Waals surface area contributed by atoms with Gasteiger partial charge in [0, 0.05) is 29.2 Å². The van der Waals surface area contributed by atoms with Crippen LogP contribution in [-0.2, 0) is 26.2 Å². The Labute approximate surface area is 193 Å². The normalized spacial score (nSPS) is 12.2. The van der Waals surface area contributed by atoms with Crippen molar-refractivity contribution in [2.24, 2.45) is 0 Å². The lowest BCUT2D eigenvalue weighted by Gasteiger charge is -2.33. The monoisotopic (exact) mass is 485 g/mol. The third-order valence-corrected chi connectivity index (χ3v) is 6.59. The molecule has 0 saturated carbocycles. The number of halogens is 2. The van der Waals surface area contributed by atoms with Gasteiger partial charge in [0.15, 0.2) is 0 Å². The molecule has 10 heteroatoms. The van der Waals surface area contributed by atoms with Gasteiger partial charge in [0.25, 0.3) is 0 Å². The van der Waals surface area contributed by atoms with Gasteiger partial charge < -0.3 is 10.2 Å². The van der Waals surface area contributed by atoms with Crippen LogP contribution in [0.4, 0.5) is 5.69 Å². The summed E-state index contributed by atoms with van der Waals surface area (Å²) in [4.78, 5) is 27.2. The minimum Gasteiger partial charge on any atom is -0.357 e. The highest BCUT2D eigenvalue weighted by Crippen LogP contribution is 2.27. The summed E-state index contributed by atoms with van der Waals surface area (Å²) in [7, 11) is -2.29. The number of rotatable bonds is 9. The van der Waals surface area contributed by atoms with E-state index in [0.717, 1.165) is 10.6 Å². The van der Waals surface area contributed by atoms with Crippen LogP contribution in [0.5, 0.6) is 0 Å². The first kappa shape index (κ1) is 25.0. The number of amides is 2. The molecule has 0 bridgehead atoms. The fourth-order valence-corrected chi connectivity index (χ4v) is 4.51. The molecule has 0 aromatic heterocycles. The second-order valence-corrected chi connectivity index (χ2v) is 9.59. The van der Waals surface area contributed by atoms with Crippen LogP contribution in [-0.4, -0.2) is 51.0 Å². The maximum Gasteiger partial charge on any atom is 0.244 e. The number of sulfonamides is 1. The molecule has 1 N–H and O–H groups in total. The van der Waals surface area contributed by atoms with E-state index in [2.05, 4.69) is 5.32 Å². The number of hydrogen-bond donors (Lipinski definition) is 1. The molecule has 2 amide bonds. The van der Waals surface area contributed by atoms with Gasteiger partial charge in [-0.3, -0.25) is 13.9 Å². The van der Waals surface area contributed by atoms with Gasteiger partial charge in [-0.05, 0) is 30.7 Å². The lowest BCUT2D eigenvalue weighted by Crippen LogP contribution is -2.51. The molecular formula is C21H25Cl2N3O4S. The third kappa shape index (κ3) is 6.35. The van der Waals surface area contributed by atoms with Crippen LogP contribution in [0.3, 0.4) is 0 Å². The van der Waals surface area contributed by atoms with E-state index < -0.39 is 28.5 Å². The van der Waals surface area contributed by atoms with Gasteiger partial charge in [-0.25, -0.2) is 8.42 Å². The molecule has 2 rings (SSSR count). The Hall–Kier alpha value is -2.29. The van der Waals surface area contributed by atoms with E-state index in [1.165, 1.54) is 11.9 Å². The van der Waals surface area contributed by atoms with Crippen molar-refractivity contribution in [3.63, 3.8) is 0 Å². The Bertz CT molecular complexity index is 1010. The molecule has 2 aromatic rings.